The Morgan fingerprint density at radius 1 is 1.14 bits per heavy atom. The van der Waals surface area contributed by atoms with Gasteiger partial charge in [0.1, 0.15) is 5.75 Å². The van der Waals surface area contributed by atoms with Gasteiger partial charge < -0.3 is 10.1 Å². The number of nitrogens with one attached hydrogen (secondary N) is 1. The first-order valence-electron chi connectivity index (χ1n) is 7.84. The molecule has 1 aliphatic heterocycles. The number of aryl methyl sites for hydroxylation is 2. The second kappa shape index (κ2) is 6.31. The van der Waals surface area contributed by atoms with E-state index < -0.39 is 0 Å². The van der Waals surface area contributed by atoms with Gasteiger partial charge in [-0.25, -0.2) is 0 Å². The van der Waals surface area contributed by atoms with E-state index in [1.165, 1.54) is 27.8 Å². The molecule has 3 rings (SSSR count). The van der Waals surface area contributed by atoms with Gasteiger partial charge in [0.25, 0.3) is 0 Å². The summed E-state index contributed by atoms with van der Waals surface area (Å²) >= 11 is 0. The predicted molar refractivity (Wildman–Crippen MR) is 87.8 cm³/mol. The van der Waals surface area contributed by atoms with Crippen LogP contribution in [0, 0.1) is 6.92 Å². The number of rotatable bonds is 4. The Hall–Kier alpha value is -1.80. The van der Waals surface area contributed by atoms with Crippen LogP contribution >= 0.6 is 0 Å². The van der Waals surface area contributed by atoms with Gasteiger partial charge in [0, 0.05) is 6.54 Å². The van der Waals surface area contributed by atoms with E-state index >= 15 is 0 Å². The fourth-order valence-electron chi connectivity index (χ4n) is 2.96. The first-order valence-corrected chi connectivity index (χ1v) is 7.84. The molecule has 2 heteroatoms. The van der Waals surface area contributed by atoms with Crippen molar-refractivity contribution in [1.29, 1.82) is 0 Å². The van der Waals surface area contributed by atoms with Crippen LogP contribution in [0.5, 0.6) is 5.75 Å². The summed E-state index contributed by atoms with van der Waals surface area (Å²) in [6, 6.07) is 13.3. The summed E-state index contributed by atoms with van der Waals surface area (Å²) in [7, 11) is 0. The van der Waals surface area contributed by atoms with Crippen LogP contribution in [-0.4, -0.2) is 13.2 Å². The zero-order chi connectivity index (χ0) is 14.7. The molecule has 1 aliphatic rings. The van der Waals surface area contributed by atoms with Gasteiger partial charge in [0.2, 0.25) is 0 Å². The molecule has 0 amide bonds. The number of hydrogen-bond donors (Lipinski definition) is 1. The van der Waals surface area contributed by atoms with Gasteiger partial charge in [-0.05, 0) is 66.3 Å². The summed E-state index contributed by atoms with van der Waals surface area (Å²) in [5, 5.41) is 3.38. The Labute approximate surface area is 127 Å². The molecule has 0 saturated heterocycles. The van der Waals surface area contributed by atoms with Crippen LogP contribution in [0.4, 0.5) is 0 Å². The molecule has 0 bridgehead atoms. The molecule has 110 valence electrons. The molecule has 0 aliphatic carbocycles. The van der Waals surface area contributed by atoms with E-state index in [0.29, 0.717) is 0 Å². The van der Waals surface area contributed by atoms with Crippen molar-refractivity contribution in [1.82, 2.24) is 5.32 Å². The van der Waals surface area contributed by atoms with Crippen molar-refractivity contribution in [3.8, 4) is 16.9 Å². The lowest BCUT2D eigenvalue weighted by Crippen LogP contribution is -2.11. The van der Waals surface area contributed by atoms with Crippen LogP contribution in [0.25, 0.3) is 11.1 Å². The molecule has 0 unspecified atom stereocenters. The maximum atomic E-state index is 5.70. The molecule has 0 spiro atoms. The van der Waals surface area contributed by atoms with Gasteiger partial charge in [0.05, 0.1) is 6.61 Å². The maximum absolute atomic E-state index is 5.70. The van der Waals surface area contributed by atoms with Crippen LogP contribution in [0.2, 0.25) is 0 Å². The van der Waals surface area contributed by atoms with E-state index in [1.54, 1.807) is 0 Å². The van der Waals surface area contributed by atoms with Crippen molar-refractivity contribution in [3.05, 3.63) is 53.1 Å². The van der Waals surface area contributed by atoms with Gasteiger partial charge in [-0.3, -0.25) is 0 Å². The third kappa shape index (κ3) is 3.11. The summed E-state index contributed by atoms with van der Waals surface area (Å²) in [6.07, 6.45) is 2.25. The van der Waals surface area contributed by atoms with Crippen LogP contribution in [-0.2, 0) is 13.0 Å². The standard InChI is InChI=1S/C19H23NO/c1-3-20-13-15-6-8-18(14(2)11-15)16-7-9-19-17(12-16)5-4-10-21-19/h6-9,11-12,20H,3-5,10,13H2,1-2H3. The van der Waals surface area contributed by atoms with E-state index in [2.05, 4.69) is 55.6 Å². The number of ether oxygens (including phenoxy) is 1. The minimum absolute atomic E-state index is 0.852. The molecule has 1 heterocycles. The molecule has 2 nitrogen and oxygen atoms in total. The lowest BCUT2D eigenvalue weighted by molar-refractivity contribution is 0.288. The van der Waals surface area contributed by atoms with Crippen molar-refractivity contribution in [2.75, 3.05) is 13.2 Å². The normalized spacial score (nSPS) is 13.6. The van der Waals surface area contributed by atoms with Crippen molar-refractivity contribution in [2.45, 2.75) is 33.2 Å². The fourth-order valence-corrected chi connectivity index (χ4v) is 2.96. The third-order valence-corrected chi connectivity index (χ3v) is 4.09. The first kappa shape index (κ1) is 14.2. The van der Waals surface area contributed by atoms with Gasteiger partial charge in [-0.1, -0.05) is 31.2 Å². The van der Waals surface area contributed by atoms with Crippen molar-refractivity contribution >= 4 is 0 Å². The van der Waals surface area contributed by atoms with Crippen molar-refractivity contribution in [2.24, 2.45) is 0 Å². The van der Waals surface area contributed by atoms with Crippen LogP contribution in [0.3, 0.4) is 0 Å². The molecule has 0 radical (unpaired) electrons. The average molecular weight is 281 g/mol. The Morgan fingerprint density at radius 3 is 2.86 bits per heavy atom. The molecule has 2 aromatic rings. The number of fused-ring (bicyclic) bond motifs is 1. The summed E-state index contributed by atoms with van der Waals surface area (Å²) < 4.78 is 5.70. The highest BCUT2D eigenvalue weighted by molar-refractivity contribution is 5.69. The number of hydrogen-bond acceptors (Lipinski definition) is 2. The van der Waals surface area contributed by atoms with Gasteiger partial charge in [-0.15, -0.1) is 0 Å². The molecular formula is C19H23NO. The van der Waals surface area contributed by atoms with Crippen molar-refractivity contribution < 1.29 is 4.74 Å². The molecule has 1 N–H and O–H groups in total. The summed E-state index contributed by atoms with van der Waals surface area (Å²) in [4.78, 5) is 0. The Balaban J connectivity index is 1.89. The lowest BCUT2D eigenvalue weighted by Gasteiger charge is -2.18. The Bertz CT molecular complexity index is 633. The zero-order valence-corrected chi connectivity index (χ0v) is 12.9. The summed E-state index contributed by atoms with van der Waals surface area (Å²) in [5.41, 5.74) is 6.65. The van der Waals surface area contributed by atoms with E-state index in [-0.39, 0.29) is 0 Å². The monoisotopic (exact) mass is 281 g/mol. The van der Waals surface area contributed by atoms with E-state index in [1.807, 2.05) is 0 Å². The highest BCUT2D eigenvalue weighted by atomic mass is 16.5. The zero-order valence-electron chi connectivity index (χ0n) is 12.9. The summed E-state index contributed by atoms with van der Waals surface area (Å²) in [6.45, 7) is 7.13. The van der Waals surface area contributed by atoms with Gasteiger partial charge >= 0.3 is 0 Å². The molecule has 21 heavy (non-hydrogen) atoms. The molecule has 0 saturated carbocycles. The minimum Gasteiger partial charge on any atom is -0.493 e. The summed E-state index contributed by atoms with van der Waals surface area (Å²) in [5.74, 6) is 1.06. The average Bonchev–Trinajstić information content (AvgIpc) is 2.52. The largest absolute Gasteiger partial charge is 0.493 e. The van der Waals surface area contributed by atoms with Crippen LogP contribution in [0.15, 0.2) is 36.4 Å². The molecule has 0 atom stereocenters. The highest BCUT2D eigenvalue weighted by Gasteiger charge is 2.12. The van der Waals surface area contributed by atoms with Crippen LogP contribution in [0.1, 0.15) is 30.0 Å². The second-order valence-corrected chi connectivity index (χ2v) is 5.70. The van der Waals surface area contributed by atoms with Crippen molar-refractivity contribution in [3.63, 3.8) is 0 Å². The van der Waals surface area contributed by atoms with E-state index in [0.717, 1.165) is 38.3 Å². The highest BCUT2D eigenvalue weighted by Crippen LogP contribution is 2.31. The number of benzene rings is 2. The van der Waals surface area contributed by atoms with E-state index in [4.69, 9.17) is 4.74 Å². The Morgan fingerprint density at radius 2 is 2.05 bits per heavy atom. The molecule has 0 fully saturated rings. The maximum Gasteiger partial charge on any atom is 0.122 e. The van der Waals surface area contributed by atoms with Crippen LogP contribution < -0.4 is 10.1 Å². The molecule has 2 aromatic carbocycles. The topological polar surface area (TPSA) is 21.3 Å². The molecule has 0 aromatic heterocycles. The molecular weight excluding hydrogens is 258 g/mol. The Kier molecular flexibility index (Phi) is 4.26. The van der Waals surface area contributed by atoms with E-state index in [9.17, 15) is 0 Å². The quantitative estimate of drug-likeness (QED) is 0.911. The van der Waals surface area contributed by atoms with Gasteiger partial charge in [-0.2, -0.15) is 0 Å². The fraction of sp³-hybridized carbons (Fsp3) is 0.368. The lowest BCUT2D eigenvalue weighted by atomic mass is 9.95. The first-order chi connectivity index (χ1) is 10.3. The predicted octanol–water partition coefficient (Wildman–Crippen LogP) is 4.10. The smallest absolute Gasteiger partial charge is 0.122 e. The minimum atomic E-state index is 0.852. The third-order valence-electron chi connectivity index (χ3n) is 4.09. The SMILES string of the molecule is CCNCc1ccc(-c2ccc3c(c2)CCCO3)c(C)c1. The van der Waals surface area contributed by atoms with Gasteiger partial charge in [0.15, 0.2) is 0 Å². The second-order valence-electron chi connectivity index (χ2n) is 5.70.